The summed E-state index contributed by atoms with van der Waals surface area (Å²) in [6.07, 6.45) is 1.71. The zero-order chi connectivity index (χ0) is 11.4. The molecule has 1 heterocycles. The van der Waals surface area contributed by atoms with E-state index in [9.17, 15) is 5.11 Å². The topological polar surface area (TPSA) is 49.5 Å². The van der Waals surface area contributed by atoms with Crippen molar-refractivity contribution in [3.63, 3.8) is 0 Å². The molecule has 0 spiro atoms. The molecule has 3 N–H and O–H groups in total. The third-order valence-corrected chi connectivity index (χ3v) is 3.25. The van der Waals surface area contributed by atoms with Gasteiger partial charge in [-0.1, -0.05) is 30.3 Å². The van der Waals surface area contributed by atoms with Gasteiger partial charge < -0.3 is 15.7 Å². The van der Waals surface area contributed by atoms with Crippen molar-refractivity contribution in [2.24, 2.45) is 5.73 Å². The fourth-order valence-electron chi connectivity index (χ4n) is 2.16. The van der Waals surface area contributed by atoms with Crippen LogP contribution in [-0.4, -0.2) is 35.7 Å². The number of hydrogen-bond donors (Lipinski definition) is 2. The highest BCUT2D eigenvalue weighted by atomic mass is 16.3. The van der Waals surface area contributed by atoms with Crippen LogP contribution in [0.3, 0.4) is 0 Å². The first-order valence-electron chi connectivity index (χ1n) is 5.96. The van der Waals surface area contributed by atoms with Crippen LogP contribution in [0.2, 0.25) is 0 Å². The molecule has 0 amide bonds. The van der Waals surface area contributed by atoms with Crippen LogP contribution in [0.25, 0.3) is 0 Å². The Morgan fingerprint density at radius 1 is 1.25 bits per heavy atom. The van der Waals surface area contributed by atoms with E-state index in [1.165, 1.54) is 0 Å². The number of nitrogens with zero attached hydrogens (tertiary/aromatic N) is 1. The maximum atomic E-state index is 10.1. The number of β-amino-alcohol motifs (C(OH)–C–C–N with tert-alkyl or cyclic N) is 1. The standard InChI is InChI=1S/C13H20N2O/c14-12-6-8-15(9-7-12)10-13(16)11-4-2-1-3-5-11/h1-5,12-13,16H,6-10,14H2. The van der Waals surface area contributed by atoms with Gasteiger partial charge in [-0.15, -0.1) is 0 Å². The normalized spacial score (nSPS) is 20.9. The van der Waals surface area contributed by atoms with Gasteiger partial charge in [0.05, 0.1) is 6.10 Å². The molecule has 0 aliphatic carbocycles. The van der Waals surface area contributed by atoms with Gasteiger partial charge >= 0.3 is 0 Å². The first-order valence-corrected chi connectivity index (χ1v) is 5.96. The highest BCUT2D eigenvalue weighted by Gasteiger charge is 2.18. The van der Waals surface area contributed by atoms with Gasteiger partial charge in [-0.05, 0) is 31.5 Å². The second-order valence-corrected chi connectivity index (χ2v) is 4.56. The Morgan fingerprint density at radius 3 is 2.50 bits per heavy atom. The van der Waals surface area contributed by atoms with Crippen molar-refractivity contribution in [3.05, 3.63) is 35.9 Å². The van der Waals surface area contributed by atoms with E-state index >= 15 is 0 Å². The summed E-state index contributed by atoms with van der Waals surface area (Å²) in [7, 11) is 0. The fourth-order valence-corrected chi connectivity index (χ4v) is 2.16. The number of benzene rings is 1. The largest absolute Gasteiger partial charge is 0.387 e. The maximum absolute atomic E-state index is 10.1. The van der Waals surface area contributed by atoms with Gasteiger partial charge in [0.15, 0.2) is 0 Å². The van der Waals surface area contributed by atoms with Crippen LogP contribution in [0.1, 0.15) is 24.5 Å². The van der Waals surface area contributed by atoms with Gasteiger partial charge in [0.25, 0.3) is 0 Å². The molecule has 0 radical (unpaired) electrons. The lowest BCUT2D eigenvalue weighted by molar-refractivity contribution is 0.0977. The molecular weight excluding hydrogens is 200 g/mol. The Hall–Kier alpha value is -0.900. The van der Waals surface area contributed by atoms with Crippen LogP contribution in [-0.2, 0) is 0 Å². The molecule has 1 aliphatic rings. The minimum absolute atomic E-state index is 0.352. The van der Waals surface area contributed by atoms with Crippen molar-refractivity contribution in [1.29, 1.82) is 0 Å². The van der Waals surface area contributed by atoms with Gasteiger partial charge in [0.1, 0.15) is 0 Å². The average molecular weight is 220 g/mol. The van der Waals surface area contributed by atoms with Crippen LogP contribution in [0.4, 0.5) is 0 Å². The van der Waals surface area contributed by atoms with E-state index in [2.05, 4.69) is 4.90 Å². The first-order chi connectivity index (χ1) is 7.75. The molecule has 1 aromatic carbocycles. The van der Waals surface area contributed by atoms with Gasteiger partial charge in [0, 0.05) is 12.6 Å². The monoisotopic (exact) mass is 220 g/mol. The Balaban J connectivity index is 1.86. The zero-order valence-electron chi connectivity index (χ0n) is 9.55. The number of likely N-dealkylation sites (tertiary alicyclic amines) is 1. The van der Waals surface area contributed by atoms with Gasteiger partial charge in [-0.3, -0.25) is 0 Å². The van der Waals surface area contributed by atoms with Crippen LogP contribution in [0, 0.1) is 0 Å². The number of rotatable bonds is 3. The second-order valence-electron chi connectivity index (χ2n) is 4.56. The molecule has 3 nitrogen and oxygen atoms in total. The lowest BCUT2D eigenvalue weighted by Gasteiger charge is -2.31. The molecule has 3 heteroatoms. The summed E-state index contributed by atoms with van der Waals surface area (Å²) in [5, 5.41) is 10.1. The molecule has 2 rings (SSSR count). The molecular formula is C13H20N2O. The van der Waals surface area contributed by atoms with E-state index in [1.54, 1.807) is 0 Å². The van der Waals surface area contributed by atoms with E-state index < -0.39 is 0 Å². The predicted molar refractivity (Wildman–Crippen MR) is 65.1 cm³/mol. The summed E-state index contributed by atoms with van der Waals surface area (Å²) >= 11 is 0. The minimum Gasteiger partial charge on any atom is -0.387 e. The van der Waals surface area contributed by atoms with Crippen molar-refractivity contribution in [2.75, 3.05) is 19.6 Å². The van der Waals surface area contributed by atoms with E-state index in [-0.39, 0.29) is 6.10 Å². The molecule has 1 aromatic rings. The summed E-state index contributed by atoms with van der Waals surface area (Å²) in [5.74, 6) is 0. The van der Waals surface area contributed by atoms with Crippen molar-refractivity contribution in [3.8, 4) is 0 Å². The summed E-state index contributed by atoms with van der Waals surface area (Å²) < 4.78 is 0. The highest BCUT2D eigenvalue weighted by Crippen LogP contribution is 2.16. The number of nitrogens with two attached hydrogens (primary N) is 1. The Morgan fingerprint density at radius 2 is 1.88 bits per heavy atom. The number of aliphatic hydroxyl groups excluding tert-OH is 1. The van der Waals surface area contributed by atoms with E-state index in [1.807, 2.05) is 30.3 Å². The van der Waals surface area contributed by atoms with Gasteiger partial charge in [-0.25, -0.2) is 0 Å². The summed E-state index contributed by atoms with van der Waals surface area (Å²) in [6.45, 7) is 2.73. The smallest absolute Gasteiger partial charge is 0.0916 e. The average Bonchev–Trinajstić information content (AvgIpc) is 2.33. The number of hydrogen-bond acceptors (Lipinski definition) is 3. The van der Waals surface area contributed by atoms with E-state index in [0.29, 0.717) is 6.04 Å². The molecule has 1 atom stereocenters. The van der Waals surface area contributed by atoms with Crippen LogP contribution >= 0.6 is 0 Å². The van der Waals surface area contributed by atoms with Crippen LogP contribution < -0.4 is 5.73 Å². The van der Waals surface area contributed by atoms with E-state index in [0.717, 1.165) is 38.0 Å². The third kappa shape index (κ3) is 3.04. The van der Waals surface area contributed by atoms with E-state index in [4.69, 9.17) is 5.73 Å². The minimum atomic E-state index is -0.379. The van der Waals surface area contributed by atoms with Crippen LogP contribution in [0.15, 0.2) is 30.3 Å². The quantitative estimate of drug-likeness (QED) is 0.803. The van der Waals surface area contributed by atoms with Gasteiger partial charge in [0.2, 0.25) is 0 Å². The Labute approximate surface area is 96.9 Å². The molecule has 0 aromatic heterocycles. The van der Waals surface area contributed by atoms with Crippen molar-refractivity contribution >= 4 is 0 Å². The van der Waals surface area contributed by atoms with Crippen LogP contribution in [0.5, 0.6) is 0 Å². The summed E-state index contributed by atoms with van der Waals surface area (Å²) in [6, 6.07) is 10.2. The van der Waals surface area contributed by atoms with Gasteiger partial charge in [-0.2, -0.15) is 0 Å². The fraction of sp³-hybridized carbons (Fsp3) is 0.538. The number of piperidine rings is 1. The molecule has 1 unspecified atom stereocenters. The first kappa shape index (κ1) is 11.6. The molecule has 1 saturated heterocycles. The Kier molecular flexibility index (Phi) is 3.93. The second kappa shape index (κ2) is 5.43. The lowest BCUT2D eigenvalue weighted by Crippen LogP contribution is -2.41. The molecule has 0 saturated carbocycles. The maximum Gasteiger partial charge on any atom is 0.0916 e. The van der Waals surface area contributed by atoms with Crippen molar-refractivity contribution in [1.82, 2.24) is 4.90 Å². The molecule has 1 aliphatic heterocycles. The zero-order valence-corrected chi connectivity index (χ0v) is 9.55. The molecule has 1 fully saturated rings. The molecule has 0 bridgehead atoms. The Bertz CT molecular complexity index is 307. The SMILES string of the molecule is NC1CCN(CC(O)c2ccccc2)CC1. The summed E-state index contributed by atoms with van der Waals surface area (Å²) in [5.41, 5.74) is 6.85. The predicted octanol–water partition coefficient (Wildman–Crippen LogP) is 1.14. The van der Waals surface area contributed by atoms with Crippen molar-refractivity contribution in [2.45, 2.75) is 25.0 Å². The lowest BCUT2D eigenvalue weighted by atomic mass is 10.0. The molecule has 16 heavy (non-hydrogen) atoms. The molecule has 88 valence electrons. The van der Waals surface area contributed by atoms with Crippen molar-refractivity contribution < 1.29 is 5.11 Å². The third-order valence-electron chi connectivity index (χ3n) is 3.25. The summed E-state index contributed by atoms with van der Waals surface area (Å²) in [4.78, 5) is 2.29. The highest BCUT2D eigenvalue weighted by molar-refractivity contribution is 5.17. The number of aliphatic hydroxyl groups is 1.